The zero-order valence-electron chi connectivity index (χ0n) is 24.8. The molecule has 7 nitrogen and oxygen atoms in total. The molecule has 0 bridgehead atoms. The maximum atomic E-state index is 12.1. The molecule has 0 radical (unpaired) electrons. The van der Waals surface area contributed by atoms with Gasteiger partial charge in [-0.3, -0.25) is 0 Å². The first-order valence-electron chi connectivity index (χ1n) is 15.4. The van der Waals surface area contributed by atoms with Gasteiger partial charge in [-0.15, -0.1) is 0 Å². The molecule has 7 heteroatoms. The van der Waals surface area contributed by atoms with E-state index in [9.17, 15) is 15.3 Å². The third-order valence-corrected chi connectivity index (χ3v) is 9.30. The maximum Gasteiger partial charge on any atom is 0.200 e. The average molecular weight is 575 g/mol. The highest BCUT2D eigenvalue weighted by atomic mass is 16.5. The molecule has 1 aliphatic heterocycles. The van der Waals surface area contributed by atoms with Gasteiger partial charge in [0.1, 0.15) is 23.4 Å². The SMILES string of the molecule is CCCCC[C@H]1c2c(cc(OC)c3c2CCc2cc(O)ccc2-3)O[C@@H](c2cc(OC)c(O)c(OC3CCCC3)c2)[C@@H]1O. The minimum Gasteiger partial charge on any atom is -0.508 e. The number of phenolic OH excluding ortho intramolecular Hbond substituents is 2. The number of phenols is 2. The van der Waals surface area contributed by atoms with Crippen LogP contribution in [-0.2, 0) is 12.8 Å². The van der Waals surface area contributed by atoms with E-state index in [-0.39, 0.29) is 23.5 Å². The minimum atomic E-state index is -0.818. The fourth-order valence-corrected chi connectivity index (χ4v) is 7.19. The quantitative estimate of drug-likeness (QED) is 0.230. The standard InChI is InChI=1S/C35H42O7/c1-4-5-6-11-26-32-25-14-12-20-16-22(36)13-15-24(20)31(25)27(39-2)19-28(32)42-35(33(26)37)21-17-29(40-3)34(38)30(18-21)41-23-9-7-8-10-23/h13,15-19,23,26,33,35-38H,4-12,14H2,1-3H3/t26-,33+,35-/m0/s1. The van der Waals surface area contributed by atoms with Gasteiger partial charge in [-0.2, -0.15) is 0 Å². The molecule has 3 aromatic carbocycles. The van der Waals surface area contributed by atoms with Gasteiger partial charge in [0.05, 0.1) is 20.3 Å². The highest BCUT2D eigenvalue weighted by Crippen LogP contribution is 2.54. The van der Waals surface area contributed by atoms with Crippen molar-refractivity contribution in [3.63, 3.8) is 0 Å². The third kappa shape index (κ3) is 5.13. The summed E-state index contributed by atoms with van der Waals surface area (Å²) in [5, 5.41) is 33.1. The zero-order valence-corrected chi connectivity index (χ0v) is 24.8. The number of aryl methyl sites for hydroxylation is 1. The second-order valence-corrected chi connectivity index (χ2v) is 11.9. The normalized spacial score (nSPS) is 21.2. The summed E-state index contributed by atoms with van der Waals surface area (Å²) in [4.78, 5) is 0. The Morgan fingerprint density at radius 1 is 0.905 bits per heavy atom. The lowest BCUT2D eigenvalue weighted by atomic mass is 9.74. The van der Waals surface area contributed by atoms with Crippen LogP contribution in [-0.4, -0.2) is 41.7 Å². The number of fused-ring (bicyclic) bond motifs is 5. The second-order valence-electron chi connectivity index (χ2n) is 11.9. The molecule has 3 atom stereocenters. The number of hydrogen-bond acceptors (Lipinski definition) is 7. The molecule has 0 unspecified atom stereocenters. The summed E-state index contributed by atoms with van der Waals surface area (Å²) in [7, 11) is 3.19. The van der Waals surface area contributed by atoms with Crippen molar-refractivity contribution in [1.82, 2.24) is 0 Å². The van der Waals surface area contributed by atoms with Crippen LogP contribution in [0.2, 0.25) is 0 Å². The molecular weight excluding hydrogens is 532 g/mol. The van der Waals surface area contributed by atoms with E-state index >= 15 is 0 Å². The third-order valence-electron chi connectivity index (χ3n) is 9.30. The molecular formula is C35H42O7. The highest BCUT2D eigenvalue weighted by Gasteiger charge is 2.42. The largest absolute Gasteiger partial charge is 0.508 e. The van der Waals surface area contributed by atoms with E-state index in [0.29, 0.717) is 22.8 Å². The molecule has 3 aromatic rings. The first kappa shape index (κ1) is 28.5. The lowest BCUT2D eigenvalue weighted by molar-refractivity contribution is -0.00359. The fraction of sp³-hybridized carbons (Fsp3) is 0.486. The Labute approximate surface area is 248 Å². The van der Waals surface area contributed by atoms with Gasteiger partial charge in [0.25, 0.3) is 0 Å². The maximum absolute atomic E-state index is 12.1. The van der Waals surface area contributed by atoms with E-state index in [1.807, 2.05) is 18.2 Å². The summed E-state index contributed by atoms with van der Waals surface area (Å²) >= 11 is 0. The summed E-state index contributed by atoms with van der Waals surface area (Å²) in [6.45, 7) is 2.19. The number of rotatable bonds is 9. The van der Waals surface area contributed by atoms with Crippen molar-refractivity contribution >= 4 is 0 Å². The van der Waals surface area contributed by atoms with Crippen molar-refractivity contribution < 1.29 is 34.3 Å². The van der Waals surface area contributed by atoms with Gasteiger partial charge < -0.3 is 34.3 Å². The smallest absolute Gasteiger partial charge is 0.200 e. The fourth-order valence-electron chi connectivity index (χ4n) is 7.19. The number of aromatic hydroxyl groups is 2. The molecule has 0 spiro atoms. The van der Waals surface area contributed by atoms with Crippen LogP contribution < -0.4 is 18.9 Å². The Hall–Kier alpha value is -3.58. The summed E-state index contributed by atoms with van der Waals surface area (Å²) < 4.78 is 24.4. The zero-order chi connectivity index (χ0) is 29.4. The Morgan fingerprint density at radius 2 is 1.67 bits per heavy atom. The Balaban J connectivity index is 1.46. The van der Waals surface area contributed by atoms with Crippen LogP contribution in [0.15, 0.2) is 36.4 Å². The van der Waals surface area contributed by atoms with Crippen molar-refractivity contribution in [2.75, 3.05) is 14.2 Å². The van der Waals surface area contributed by atoms with Crippen LogP contribution in [0.1, 0.15) is 92.6 Å². The Morgan fingerprint density at radius 3 is 2.40 bits per heavy atom. The average Bonchev–Trinajstić information content (AvgIpc) is 3.51. The first-order valence-corrected chi connectivity index (χ1v) is 15.4. The molecule has 0 aromatic heterocycles. The van der Waals surface area contributed by atoms with Crippen LogP contribution in [0, 0.1) is 0 Å². The molecule has 1 fully saturated rings. The summed E-state index contributed by atoms with van der Waals surface area (Å²) in [5.74, 6) is 2.17. The molecule has 42 heavy (non-hydrogen) atoms. The first-order chi connectivity index (χ1) is 20.4. The number of aliphatic hydroxyl groups excluding tert-OH is 1. The van der Waals surface area contributed by atoms with Gasteiger partial charge >= 0.3 is 0 Å². The van der Waals surface area contributed by atoms with Gasteiger partial charge in [-0.1, -0.05) is 32.3 Å². The van der Waals surface area contributed by atoms with Crippen molar-refractivity contribution in [2.24, 2.45) is 0 Å². The minimum absolute atomic E-state index is 0.0289. The van der Waals surface area contributed by atoms with E-state index < -0.39 is 12.2 Å². The van der Waals surface area contributed by atoms with Gasteiger partial charge in [0.15, 0.2) is 17.6 Å². The van der Waals surface area contributed by atoms with Crippen LogP contribution in [0.3, 0.4) is 0 Å². The Bertz CT molecular complexity index is 1440. The van der Waals surface area contributed by atoms with Crippen LogP contribution in [0.25, 0.3) is 11.1 Å². The van der Waals surface area contributed by atoms with Gasteiger partial charge in [-0.05, 0) is 85.9 Å². The molecule has 0 amide bonds. The molecule has 3 aliphatic rings. The van der Waals surface area contributed by atoms with Crippen molar-refractivity contribution in [3.05, 3.63) is 58.7 Å². The highest BCUT2D eigenvalue weighted by molar-refractivity contribution is 5.82. The number of methoxy groups -OCH3 is 2. The van der Waals surface area contributed by atoms with Gasteiger partial charge in [-0.25, -0.2) is 0 Å². The number of ether oxygens (including phenoxy) is 4. The molecule has 2 aliphatic carbocycles. The van der Waals surface area contributed by atoms with Gasteiger partial charge in [0.2, 0.25) is 5.75 Å². The molecule has 224 valence electrons. The van der Waals surface area contributed by atoms with Crippen LogP contribution >= 0.6 is 0 Å². The summed E-state index contributed by atoms with van der Waals surface area (Å²) in [6, 6.07) is 11.0. The van der Waals surface area contributed by atoms with E-state index in [1.165, 1.54) is 7.11 Å². The van der Waals surface area contributed by atoms with Crippen molar-refractivity contribution in [1.29, 1.82) is 0 Å². The lowest BCUT2D eigenvalue weighted by Crippen LogP contribution is -2.36. The number of benzene rings is 3. The summed E-state index contributed by atoms with van der Waals surface area (Å²) in [5.41, 5.74) is 6.06. The molecule has 1 heterocycles. The van der Waals surface area contributed by atoms with Crippen LogP contribution in [0.4, 0.5) is 0 Å². The lowest BCUT2D eigenvalue weighted by Gasteiger charge is -2.40. The van der Waals surface area contributed by atoms with Crippen molar-refractivity contribution in [2.45, 2.75) is 95.4 Å². The van der Waals surface area contributed by atoms with E-state index in [0.717, 1.165) is 97.8 Å². The van der Waals surface area contributed by atoms with E-state index in [1.54, 1.807) is 25.3 Å². The Kier molecular flexibility index (Phi) is 8.13. The number of unbranched alkanes of at least 4 members (excludes halogenated alkanes) is 2. The topological polar surface area (TPSA) is 97.6 Å². The van der Waals surface area contributed by atoms with Crippen molar-refractivity contribution in [3.8, 4) is 45.6 Å². The van der Waals surface area contributed by atoms with Gasteiger partial charge in [0, 0.05) is 28.7 Å². The number of hydrogen-bond donors (Lipinski definition) is 3. The predicted molar refractivity (Wildman–Crippen MR) is 161 cm³/mol. The van der Waals surface area contributed by atoms with E-state index in [2.05, 4.69) is 6.92 Å². The predicted octanol–water partition coefficient (Wildman–Crippen LogP) is 7.36. The number of aliphatic hydroxyl groups is 1. The molecule has 1 saturated carbocycles. The summed E-state index contributed by atoms with van der Waals surface area (Å²) in [6.07, 6.45) is 8.22. The van der Waals surface area contributed by atoms with E-state index in [4.69, 9.17) is 18.9 Å². The van der Waals surface area contributed by atoms with Crippen LogP contribution in [0.5, 0.6) is 34.5 Å². The molecule has 6 rings (SSSR count). The monoisotopic (exact) mass is 574 g/mol. The molecule has 0 saturated heterocycles. The second kappa shape index (κ2) is 12.0. The molecule has 3 N–H and O–H groups in total.